The van der Waals surface area contributed by atoms with Crippen LogP contribution in [-0.2, 0) is 9.53 Å². The summed E-state index contributed by atoms with van der Waals surface area (Å²) in [7, 11) is 0. The van der Waals surface area contributed by atoms with Gasteiger partial charge in [0.2, 0.25) is 0 Å². The van der Waals surface area contributed by atoms with Gasteiger partial charge in [-0.15, -0.1) is 0 Å². The molecule has 110 valence electrons. The lowest BCUT2D eigenvalue weighted by Gasteiger charge is -2.33. The maximum atomic E-state index is 12.8. The van der Waals surface area contributed by atoms with E-state index in [0.717, 1.165) is 18.8 Å². The van der Waals surface area contributed by atoms with Crippen LogP contribution in [0.15, 0.2) is 0 Å². The van der Waals surface area contributed by atoms with E-state index in [1.54, 1.807) is 0 Å². The van der Waals surface area contributed by atoms with Gasteiger partial charge in [0.1, 0.15) is 6.10 Å². The van der Waals surface area contributed by atoms with Gasteiger partial charge in [-0.1, -0.05) is 39.0 Å². The van der Waals surface area contributed by atoms with Crippen LogP contribution >= 0.6 is 0 Å². The predicted octanol–water partition coefficient (Wildman–Crippen LogP) is 4.37. The van der Waals surface area contributed by atoms with Crippen LogP contribution in [0.25, 0.3) is 0 Å². The molecule has 0 aromatic rings. The standard InChI is InChI=1S/C17H30O2/c1-3-19-17(15-7-5-4-6-8-15)16(18)14-11-9-13(2)10-12-14/h13-15,17H,3-12H2,1-2H3. The molecule has 2 nitrogen and oxygen atoms in total. The molecule has 19 heavy (non-hydrogen) atoms. The molecular formula is C17H30O2. The molecule has 2 aliphatic carbocycles. The Labute approximate surface area is 118 Å². The fourth-order valence-electron chi connectivity index (χ4n) is 3.84. The smallest absolute Gasteiger partial charge is 0.164 e. The summed E-state index contributed by atoms with van der Waals surface area (Å²) in [5.41, 5.74) is 0. The largest absolute Gasteiger partial charge is 0.370 e. The number of ketones is 1. The fraction of sp³-hybridized carbons (Fsp3) is 0.941. The summed E-state index contributed by atoms with van der Waals surface area (Å²) < 4.78 is 5.87. The highest BCUT2D eigenvalue weighted by molar-refractivity contribution is 5.85. The molecule has 1 atom stereocenters. The molecule has 0 spiro atoms. The molecule has 1 unspecified atom stereocenters. The Balaban J connectivity index is 1.95. The molecule has 0 radical (unpaired) electrons. The Hall–Kier alpha value is -0.370. The third kappa shape index (κ3) is 4.05. The lowest BCUT2D eigenvalue weighted by Crippen LogP contribution is -2.39. The predicted molar refractivity (Wildman–Crippen MR) is 78.1 cm³/mol. The van der Waals surface area contributed by atoms with Crippen molar-refractivity contribution in [1.29, 1.82) is 0 Å². The van der Waals surface area contributed by atoms with Crippen LogP contribution in [0.4, 0.5) is 0 Å². The molecule has 0 bridgehead atoms. The van der Waals surface area contributed by atoms with Crippen molar-refractivity contribution in [1.82, 2.24) is 0 Å². The Morgan fingerprint density at radius 2 is 1.68 bits per heavy atom. The molecule has 2 aliphatic rings. The second-order valence-corrected chi connectivity index (χ2v) is 6.63. The van der Waals surface area contributed by atoms with Gasteiger partial charge in [0, 0.05) is 12.5 Å². The number of Topliss-reactive ketones (excluding diaryl/α,β-unsaturated/α-hetero) is 1. The summed E-state index contributed by atoms with van der Waals surface area (Å²) in [6, 6.07) is 0. The quantitative estimate of drug-likeness (QED) is 0.738. The SMILES string of the molecule is CCOC(C(=O)C1CCC(C)CC1)C1CCCCC1. The van der Waals surface area contributed by atoms with Gasteiger partial charge in [0.05, 0.1) is 0 Å². The second kappa shape index (κ2) is 7.42. The molecule has 0 aromatic heterocycles. The summed E-state index contributed by atoms with van der Waals surface area (Å²) in [6.07, 6.45) is 10.8. The van der Waals surface area contributed by atoms with E-state index in [0.29, 0.717) is 18.3 Å². The van der Waals surface area contributed by atoms with Gasteiger partial charge in [-0.25, -0.2) is 0 Å². The number of hydrogen-bond donors (Lipinski definition) is 0. The van der Waals surface area contributed by atoms with Crippen molar-refractivity contribution in [3.63, 3.8) is 0 Å². The average Bonchev–Trinajstić information content (AvgIpc) is 2.46. The fourth-order valence-corrected chi connectivity index (χ4v) is 3.84. The molecule has 2 heteroatoms. The first kappa shape index (κ1) is 15.0. The summed E-state index contributed by atoms with van der Waals surface area (Å²) in [6.45, 7) is 5.00. The van der Waals surface area contributed by atoms with Crippen LogP contribution in [-0.4, -0.2) is 18.5 Å². The molecule has 2 saturated carbocycles. The first-order valence-corrected chi connectivity index (χ1v) is 8.37. The molecule has 2 rings (SSSR count). The number of ether oxygens (including phenoxy) is 1. The monoisotopic (exact) mass is 266 g/mol. The van der Waals surface area contributed by atoms with E-state index in [4.69, 9.17) is 4.74 Å². The van der Waals surface area contributed by atoms with Gasteiger partial charge in [-0.05, 0) is 44.4 Å². The normalized spacial score (nSPS) is 31.1. The molecule has 0 N–H and O–H groups in total. The van der Waals surface area contributed by atoms with E-state index in [-0.39, 0.29) is 12.0 Å². The van der Waals surface area contributed by atoms with Crippen molar-refractivity contribution in [2.45, 2.75) is 77.7 Å². The first-order chi connectivity index (χ1) is 9.22. The highest BCUT2D eigenvalue weighted by Gasteiger charge is 2.35. The summed E-state index contributed by atoms with van der Waals surface area (Å²) in [4.78, 5) is 12.8. The van der Waals surface area contributed by atoms with E-state index in [2.05, 4.69) is 6.92 Å². The molecular weight excluding hydrogens is 236 g/mol. The zero-order chi connectivity index (χ0) is 13.7. The molecule has 0 aromatic carbocycles. The minimum atomic E-state index is -0.0938. The van der Waals surface area contributed by atoms with E-state index < -0.39 is 0 Å². The highest BCUT2D eigenvalue weighted by Crippen LogP contribution is 2.34. The molecule has 0 amide bonds. The van der Waals surface area contributed by atoms with Crippen LogP contribution in [0.1, 0.15) is 71.6 Å². The van der Waals surface area contributed by atoms with Gasteiger partial charge in [-0.3, -0.25) is 4.79 Å². The third-order valence-electron chi connectivity index (χ3n) is 5.12. The van der Waals surface area contributed by atoms with Crippen LogP contribution in [0.2, 0.25) is 0 Å². The number of rotatable bonds is 5. The highest BCUT2D eigenvalue weighted by atomic mass is 16.5. The second-order valence-electron chi connectivity index (χ2n) is 6.63. The van der Waals surface area contributed by atoms with E-state index in [1.807, 2.05) is 6.92 Å². The number of carbonyl (C=O) groups excluding carboxylic acids is 1. The van der Waals surface area contributed by atoms with Crippen molar-refractivity contribution in [2.75, 3.05) is 6.61 Å². The minimum absolute atomic E-state index is 0.0938. The zero-order valence-electron chi connectivity index (χ0n) is 12.7. The third-order valence-corrected chi connectivity index (χ3v) is 5.12. The van der Waals surface area contributed by atoms with E-state index >= 15 is 0 Å². The summed E-state index contributed by atoms with van der Waals surface area (Å²) >= 11 is 0. The van der Waals surface area contributed by atoms with Gasteiger partial charge >= 0.3 is 0 Å². The van der Waals surface area contributed by atoms with Gasteiger partial charge in [-0.2, -0.15) is 0 Å². The van der Waals surface area contributed by atoms with Crippen LogP contribution < -0.4 is 0 Å². The summed E-state index contributed by atoms with van der Waals surface area (Å²) in [5.74, 6) is 2.03. The minimum Gasteiger partial charge on any atom is -0.370 e. The van der Waals surface area contributed by atoms with Gasteiger partial charge in [0.15, 0.2) is 5.78 Å². The Kier molecular flexibility index (Phi) is 5.87. The number of carbonyl (C=O) groups is 1. The lowest BCUT2D eigenvalue weighted by atomic mass is 9.75. The average molecular weight is 266 g/mol. The molecule has 0 aliphatic heterocycles. The first-order valence-electron chi connectivity index (χ1n) is 8.37. The van der Waals surface area contributed by atoms with Crippen molar-refractivity contribution in [3.8, 4) is 0 Å². The molecule has 0 saturated heterocycles. The Morgan fingerprint density at radius 3 is 2.26 bits per heavy atom. The lowest BCUT2D eigenvalue weighted by molar-refractivity contribution is -0.140. The van der Waals surface area contributed by atoms with Crippen molar-refractivity contribution in [2.24, 2.45) is 17.8 Å². The van der Waals surface area contributed by atoms with Crippen molar-refractivity contribution < 1.29 is 9.53 Å². The van der Waals surface area contributed by atoms with Gasteiger partial charge in [0.25, 0.3) is 0 Å². The Morgan fingerprint density at radius 1 is 1.05 bits per heavy atom. The van der Waals surface area contributed by atoms with Crippen LogP contribution in [0.3, 0.4) is 0 Å². The zero-order valence-corrected chi connectivity index (χ0v) is 12.7. The maximum absolute atomic E-state index is 12.8. The Bertz CT molecular complexity index is 273. The van der Waals surface area contributed by atoms with Crippen LogP contribution in [0, 0.1) is 17.8 Å². The van der Waals surface area contributed by atoms with E-state index in [1.165, 1.54) is 44.9 Å². The number of hydrogen-bond acceptors (Lipinski definition) is 2. The topological polar surface area (TPSA) is 26.3 Å². The van der Waals surface area contributed by atoms with Crippen LogP contribution in [0.5, 0.6) is 0 Å². The van der Waals surface area contributed by atoms with Crippen molar-refractivity contribution in [3.05, 3.63) is 0 Å². The molecule has 0 heterocycles. The van der Waals surface area contributed by atoms with E-state index in [9.17, 15) is 4.79 Å². The van der Waals surface area contributed by atoms with Crippen molar-refractivity contribution >= 4 is 5.78 Å². The van der Waals surface area contributed by atoms with Gasteiger partial charge < -0.3 is 4.74 Å². The summed E-state index contributed by atoms with van der Waals surface area (Å²) in [5, 5.41) is 0. The molecule has 2 fully saturated rings. The maximum Gasteiger partial charge on any atom is 0.164 e.